The van der Waals surface area contributed by atoms with Crippen molar-refractivity contribution in [3.8, 4) is 0 Å². The SMILES string of the molecule is Nc1ncc2[nH]c3ncc(Br)cc3c2c1NC1CCNCC1. The van der Waals surface area contributed by atoms with Crippen LogP contribution in [0.15, 0.2) is 22.9 Å². The summed E-state index contributed by atoms with van der Waals surface area (Å²) in [6, 6.07) is 2.48. The Balaban J connectivity index is 1.89. The Bertz CT molecular complexity index is 837. The van der Waals surface area contributed by atoms with Gasteiger partial charge in [-0.25, -0.2) is 9.97 Å². The Morgan fingerprint density at radius 1 is 1.23 bits per heavy atom. The molecule has 0 amide bonds. The van der Waals surface area contributed by atoms with E-state index in [9.17, 15) is 0 Å². The molecule has 3 aromatic heterocycles. The second kappa shape index (κ2) is 5.40. The number of aromatic amines is 1. The number of fused-ring (bicyclic) bond motifs is 3. The van der Waals surface area contributed by atoms with Crippen molar-refractivity contribution in [1.29, 1.82) is 0 Å². The van der Waals surface area contributed by atoms with Crippen LogP contribution >= 0.6 is 15.9 Å². The molecule has 0 spiro atoms. The topological polar surface area (TPSA) is 91.7 Å². The van der Waals surface area contributed by atoms with Gasteiger partial charge in [-0.05, 0) is 47.9 Å². The molecular formula is C15H17BrN6. The fraction of sp³-hybridized carbons (Fsp3) is 0.333. The number of nitrogen functional groups attached to an aromatic ring is 1. The predicted octanol–water partition coefficient (Wildman–Crippen LogP) is 2.62. The Hall–Kier alpha value is -1.86. The summed E-state index contributed by atoms with van der Waals surface area (Å²) in [6.45, 7) is 2.06. The zero-order valence-corrected chi connectivity index (χ0v) is 13.6. The van der Waals surface area contributed by atoms with Gasteiger partial charge in [0.1, 0.15) is 11.5 Å². The van der Waals surface area contributed by atoms with E-state index in [0.29, 0.717) is 11.9 Å². The highest BCUT2D eigenvalue weighted by molar-refractivity contribution is 9.10. The highest BCUT2D eigenvalue weighted by atomic mass is 79.9. The first-order valence-corrected chi connectivity index (χ1v) is 8.20. The average molecular weight is 361 g/mol. The average Bonchev–Trinajstić information content (AvgIpc) is 2.89. The number of hydrogen-bond acceptors (Lipinski definition) is 5. The maximum Gasteiger partial charge on any atom is 0.147 e. The third kappa shape index (κ3) is 2.30. The smallest absolute Gasteiger partial charge is 0.147 e. The van der Waals surface area contributed by atoms with E-state index in [2.05, 4.69) is 47.6 Å². The van der Waals surface area contributed by atoms with Crippen molar-refractivity contribution in [3.05, 3.63) is 22.9 Å². The van der Waals surface area contributed by atoms with Crippen molar-refractivity contribution in [2.24, 2.45) is 0 Å². The maximum absolute atomic E-state index is 6.16. The molecule has 1 aliphatic heterocycles. The molecule has 0 radical (unpaired) electrons. The Morgan fingerprint density at radius 3 is 2.86 bits per heavy atom. The molecule has 5 N–H and O–H groups in total. The van der Waals surface area contributed by atoms with Crippen LogP contribution in [0.2, 0.25) is 0 Å². The molecule has 4 rings (SSSR count). The van der Waals surface area contributed by atoms with Gasteiger partial charge in [-0.2, -0.15) is 0 Å². The van der Waals surface area contributed by atoms with Gasteiger partial charge in [0, 0.05) is 27.5 Å². The van der Waals surface area contributed by atoms with Crippen LogP contribution in [0.5, 0.6) is 0 Å². The van der Waals surface area contributed by atoms with Crippen molar-refractivity contribution in [2.45, 2.75) is 18.9 Å². The van der Waals surface area contributed by atoms with Crippen molar-refractivity contribution in [3.63, 3.8) is 0 Å². The molecule has 22 heavy (non-hydrogen) atoms. The number of nitrogens with one attached hydrogen (secondary N) is 3. The summed E-state index contributed by atoms with van der Waals surface area (Å²) < 4.78 is 0.948. The van der Waals surface area contributed by atoms with Crippen LogP contribution in [0.4, 0.5) is 11.5 Å². The Morgan fingerprint density at radius 2 is 2.05 bits per heavy atom. The number of hydrogen-bond donors (Lipinski definition) is 4. The molecule has 114 valence electrons. The van der Waals surface area contributed by atoms with Crippen LogP contribution in [0.3, 0.4) is 0 Å². The van der Waals surface area contributed by atoms with Gasteiger partial charge in [-0.3, -0.25) is 0 Å². The molecule has 4 heterocycles. The lowest BCUT2D eigenvalue weighted by molar-refractivity contribution is 0.479. The van der Waals surface area contributed by atoms with Gasteiger partial charge >= 0.3 is 0 Å². The Labute approximate surface area is 136 Å². The number of halogens is 1. The first-order chi connectivity index (χ1) is 10.7. The van der Waals surface area contributed by atoms with E-state index in [0.717, 1.165) is 58.0 Å². The number of nitrogens with two attached hydrogens (primary N) is 1. The molecule has 0 unspecified atom stereocenters. The molecule has 1 aliphatic rings. The van der Waals surface area contributed by atoms with Gasteiger partial charge in [0.2, 0.25) is 0 Å². The van der Waals surface area contributed by atoms with E-state index in [4.69, 9.17) is 5.73 Å². The first kappa shape index (κ1) is 13.8. The largest absolute Gasteiger partial charge is 0.382 e. The normalized spacial score (nSPS) is 16.4. The minimum Gasteiger partial charge on any atom is -0.382 e. The zero-order valence-electron chi connectivity index (χ0n) is 12.0. The molecule has 6 nitrogen and oxygen atoms in total. The molecule has 1 fully saturated rings. The van der Waals surface area contributed by atoms with Gasteiger partial charge in [-0.15, -0.1) is 0 Å². The van der Waals surface area contributed by atoms with Crippen molar-refractivity contribution in [2.75, 3.05) is 24.1 Å². The van der Waals surface area contributed by atoms with Gasteiger partial charge in [0.25, 0.3) is 0 Å². The predicted molar refractivity (Wildman–Crippen MR) is 93.0 cm³/mol. The van der Waals surface area contributed by atoms with Crippen LogP contribution in [0.25, 0.3) is 21.9 Å². The summed E-state index contributed by atoms with van der Waals surface area (Å²) in [7, 11) is 0. The number of pyridine rings is 2. The van der Waals surface area contributed by atoms with Crippen molar-refractivity contribution >= 4 is 49.4 Å². The minimum absolute atomic E-state index is 0.418. The molecule has 0 aromatic carbocycles. The van der Waals surface area contributed by atoms with Gasteiger partial charge in [0.15, 0.2) is 0 Å². The van der Waals surface area contributed by atoms with Crippen molar-refractivity contribution < 1.29 is 0 Å². The molecule has 0 saturated carbocycles. The first-order valence-electron chi connectivity index (χ1n) is 7.41. The lowest BCUT2D eigenvalue weighted by Crippen LogP contribution is -2.35. The zero-order chi connectivity index (χ0) is 15.1. The summed E-state index contributed by atoms with van der Waals surface area (Å²) in [5, 5.41) is 9.09. The van der Waals surface area contributed by atoms with E-state index in [-0.39, 0.29) is 0 Å². The summed E-state index contributed by atoms with van der Waals surface area (Å²) >= 11 is 3.49. The molecule has 7 heteroatoms. The standard InChI is InChI=1S/C15H17BrN6/c16-8-5-10-12-11(22-15(10)20-6-8)7-19-14(17)13(12)21-9-1-3-18-4-2-9/h5-7,9,18,21H,1-4H2,(H2,17,19)(H,20,22). The van der Waals surface area contributed by atoms with Crippen LogP contribution in [0.1, 0.15) is 12.8 Å². The van der Waals surface area contributed by atoms with Gasteiger partial charge in [-0.1, -0.05) is 0 Å². The van der Waals surface area contributed by atoms with Crippen molar-refractivity contribution in [1.82, 2.24) is 20.3 Å². The van der Waals surface area contributed by atoms with Crippen LogP contribution in [0, 0.1) is 0 Å². The summed E-state index contributed by atoms with van der Waals surface area (Å²) in [4.78, 5) is 12.1. The van der Waals surface area contributed by atoms with E-state index < -0.39 is 0 Å². The molecule has 0 atom stereocenters. The third-order valence-corrected chi connectivity index (χ3v) is 4.61. The number of H-pyrrole nitrogens is 1. The molecule has 0 bridgehead atoms. The second-order valence-corrected chi connectivity index (χ2v) is 6.57. The quantitative estimate of drug-likeness (QED) is 0.563. The van der Waals surface area contributed by atoms with E-state index in [1.165, 1.54) is 0 Å². The summed E-state index contributed by atoms with van der Waals surface area (Å²) in [5.74, 6) is 0.534. The molecule has 1 saturated heterocycles. The number of nitrogens with zero attached hydrogens (tertiary/aromatic N) is 2. The highest BCUT2D eigenvalue weighted by Gasteiger charge is 2.18. The van der Waals surface area contributed by atoms with Crippen LogP contribution in [-0.4, -0.2) is 34.1 Å². The number of anilines is 2. The fourth-order valence-electron chi connectivity index (χ4n) is 3.07. The van der Waals surface area contributed by atoms with E-state index in [1.54, 1.807) is 12.4 Å². The second-order valence-electron chi connectivity index (χ2n) is 5.65. The summed E-state index contributed by atoms with van der Waals surface area (Å²) in [6.07, 6.45) is 5.72. The van der Waals surface area contributed by atoms with E-state index in [1.807, 2.05) is 0 Å². The Kier molecular flexibility index (Phi) is 3.38. The highest BCUT2D eigenvalue weighted by Crippen LogP contribution is 2.35. The molecular weight excluding hydrogens is 344 g/mol. The monoisotopic (exact) mass is 360 g/mol. The molecule has 3 aromatic rings. The molecule has 0 aliphatic carbocycles. The maximum atomic E-state index is 6.16. The minimum atomic E-state index is 0.418. The number of piperidine rings is 1. The number of rotatable bonds is 2. The number of aromatic nitrogens is 3. The summed E-state index contributed by atoms with van der Waals surface area (Å²) in [5.41, 5.74) is 8.87. The fourth-order valence-corrected chi connectivity index (χ4v) is 3.41. The lowest BCUT2D eigenvalue weighted by Gasteiger charge is -2.25. The van der Waals surface area contributed by atoms with Crippen LogP contribution in [-0.2, 0) is 0 Å². The van der Waals surface area contributed by atoms with Gasteiger partial charge < -0.3 is 21.4 Å². The van der Waals surface area contributed by atoms with Crippen LogP contribution < -0.4 is 16.4 Å². The van der Waals surface area contributed by atoms with Gasteiger partial charge in [0.05, 0.1) is 17.4 Å². The third-order valence-electron chi connectivity index (χ3n) is 4.17. The lowest BCUT2D eigenvalue weighted by atomic mass is 10.1. The van der Waals surface area contributed by atoms with E-state index >= 15 is 0 Å².